The number of thioether (sulfide) groups is 1. The zero-order valence-electron chi connectivity index (χ0n) is 21.5. The van der Waals surface area contributed by atoms with Crippen molar-refractivity contribution in [3.8, 4) is 34.4 Å². The normalized spacial score (nSPS) is 15.5. The molecule has 200 valence electrons. The van der Waals surface area contributed by atoms with Crippen LogP contribution in [0.15, 0.2) is 59.8 Å². The lowest BCUT2D eigenvalue weighted by Crippen LogP contribution is -2.24. The number of hydrogen-bond acceptors (Lipinski definition) is 10. The Morgan fingerprint density at radius 1 is 0.897 bits per heavy atom. The molecule has 6 rings (SSSR count). The highest BCUT2D eigenvalue weighted by Gasteiger charge is 2.36. The molecule has 0 spiro atoms. The molecule has 4 aromatic rings. The van der Waals surface area contributed by atoms with Gasteiger partial charge in [0.05, 0.1) is 32.5 Å². The Morgan fingerprint density at radius 2 is 1.62 bits per heavy atom. The van der Waals surface area contributed by atoms with E-state index in [1.165, 1.54) is 33.1 Å². The van der Waals surface area contributed by atoms with Gasteiger partial charge in [-0.2, -0.15) is 0 Å². The van der Waals surface area contributed by atoms with Gasteiger partial charge in [-0.1, -0.05) is 42.1 Å². The smallest absolute Gasteiger partial charge is 0.339 e. The summed E-state index contributed by atoms with van der Waals surface area (Å²) in [5, 5.41) is 9.63. The van der Waals surface area contributed by atoms with Gasteiger partial charge in [0.1, 0.15) is 13.2 Å². The summed E-state index contributed by atoms with van der Waals surface area (Å²) in [5.74, 6) is 3.07. The molecule has 1 unspecified atom stereocenters. The van der Waals surface area contributed by atoms with Crippen molar-refractivity contribution in [3.05, 3.63) is 77.1 Å². The lowest BCUT2D eigenvalue weighted by molar-refractivity contribution is 0.0533. The molecule has 0 bridgehead atoms. The second kappa shape index (κ2) is 10.4. The zero-order valence-corrected chi connectivity index (χ0v) is 22.3. The fourth-order valence-corrected chi connectivity index (χ4v) is 5.80. The first-order valence-electron chi connectivity index (χ1n) is 12.2. The van der Waals surface area contributed by atoms with Gasteiger partial charge in [0.25, 0.3) is 0 Å². The first kappa shape index (κ1) is 24.9. The van der Waals surface area contributed by atoms with Crippen LogP contribution in [0, 0.1) is 0 Å². The van der Waals surface area contributed by atoms with Crippen LogP contribution in [0.2, 0.25) is 0 Å². The fraction of sp³-hybridized carbons (Fsp3) is 0.250. The summed E-state index contributed by atoms with van der Waals surface area (Å²) in [7, 11) is 4.58. The van der Waals surface area contributed by atoms with E-state index in [1.54, 1.807) is 0 Å². The number of cyclic esters (lactones) is 1. The maximum atomic E-state index is 12.8. The molecule has 3 heterocycles. The highest BCUT2D eigenvalue weighted by atomic mass is 32.2. The molecule has 2 aliphatic rings. The lowest BCUT2D eigenvalue weighted by Gasteiger charge is -2.26. The molecular formula is C28H25N3O7S. The number of carbonyl (C=O) groups is 1. The molecule has 1 atom stereocenters. The van der Waals surface area contributed by atoms with Crippen LogP contribution in [0.1, 0.15) is 33.4 Å². The summed E-state index contributed by atoms with van der Waals surface area (Å²) in [5.41, 5.74) is 2.55. The summed E-state index contributed by atoms with van der Waals surface area (Å²) in [6, 6.07) is 17.3. The van der Waals surface area contributed by atoms with Crippen molar-refractivity contribution >= 4 is 17.7 Å². The van der Waals surface area contributed by atoms with Crippen LogP contribution in [0.3, 0.4) is 0 Å². The Balaban J connectivity index is 1.40. The Morgan fingerprint density at radius 3 is 2.36 bits per heavy atom. The Bertz CT molecular complexity index is 1540. The van der Waals surface area contributed by atoms with Gasteiger partial charge in [-0.05, 0) is 24.3 Å². The number of rotatable bonds is 8. The number of hydrogen-bond donors (Lipinski definition) is 0. The molecule has 11 heteroatoms. The number of methoxy groups -OCH3 is 3. The Hall–Kier alpha value is -4.38. The molecule has 0 saturated carbocycles. The van der Waals surface area contributed by atoms with E-state index >= 15 is 0 Å². The van der Waals surface area contributed by atoms with Crippen LogP contribution in [-0.4, -0.2) is 48.7 Å². The van der Waals surface area contributed by atoms with Crippen molar-refractivity contribution in [1.82, 2.24) is 14.8 Å². The summed E-state index contributed by atoms with van der Waals surface area (Å²) >= 11 is 1.40. The SMILES string of the molecule is COc1c2c(c(CSc3nnc(C4COc5ccccc5O4)n3-c3ccccc3)c(OC)c1OC)C(=O)OC2. The van der Waals surface area contributed by atoms with E-state index in [9.17, 15) is 4.79 Å². The minimum atomic E-state index is -0.475. The van der Waals surface area contributed by atoms with E-state index in [0.717, 1.165) is 5.69 Å². The Labute approximate surface area is 228 Å². The van der Waals surface area contributed by atoms with Crippen molar-refractivity contribution in [3.63, 3.8) is 0 Å². The molecule has 0 N–H and O–H groups in total. The van der Waals surface area contributed by atoms with Crippen molar-refractivity contribution in [2.45, 2.75) is 23.6 Å². The molecule has 0 amide bonds. The summed E-state index contributed by atoms with van der Waals surface area (Å²) in [4.78, 5) is 12.8. The molecule has 0 radical (unpaired) electrons. The fourth-order valence-electron chi connectivity index (χ4n) is 4.82. The van der Waals surface area contributed by atoms with Gasteiger partial charge >= 0.3 is 5.97 Å². The number of nitrogens with zero attached hydrogens (tertiary/aromatic N) is 3. The standard InChI is InChI=1S/C28H25N3O7S/c1-33-23-17-13-37-27(32)22(17)18(24(34-2)25(23)35-3)15-39-28-30-29-26(31(28)16-9-5-4-6-10-16)21-14-36-19-11-7-8-12-20(19)38-21/h4-12,21H,13-15H2,1-3H3. The summed E-state index contributed by atoms with van der Waals surface area (Å²) in [6.07, 6.45) is -0.475. The maximum Gasteiger partial charge on any atom is 0.339 e. The highest BCUT2D eigenvalue weighted by Crippen LogP contribution is 2.49. The molecule has 0 fully saturated rings. The molecule has 39 heavy (non-hydrogen) atoms. The number of para-hydroxylation sites is 3. The first-order valence-corrected chi connectivity index (χ1v) is 13.2. The number of esters is 1. The van der Waals surface area contributed by atoms with Crippen molar-refractivity contribution in [2.24, 2.45) is 0 Å². The average molecular weight is 548 g/mol. The summed E-state index contributed by atoms with van der Waals surface area (Å²) < 4.78 is 36.4. The van der Waals surface area contributed by atoms with Gasteiger partial charge in [0.15, 0.2) is 40.1 Å². The van der Waals surface area contributed by atoms with Crippen molar-refractivity contribution in [2.75, 3.05) is 27.9 Å². The molecule has 0 aliphatic carbocycles. The third-order valence-corrected chi connectivity index (χ3v) is 7.50. The van der Waals surface area contributed by atoms with Crippen molar-refractivity contribution < 1.29 is 33.2 Å². The van der Waals surface area contributed by atoms with E-state index < -0.39 is 12.1 Å². The summed E-state index contributed by atoms with van der Waals surface area (Å²) in [6.45, 7) is 0.385. The molecule has 0 saturated heterocycles. The van der Waals surface area contributed by atoms with E-state index in [1.807, 2.05) is 59.2 Å². The maximum absolute atomic E-state index is 12.8. The minimum Gasteiger partial charge on any atom is -0.492 e. The Kier molecular flexibility index (Phi) is 6.65. The predicted octanol–water partition coefficient (Wildman–Crippen LogP) is 4.77. The third-order valence-electron chi connectivity index (χ3n) is 6.54. The number of carbonyl (C=O) groups excluding carboxylic acids is 1. The van der Waals surface area contributed by atoms with Gasteiger partial charge in [0.2, 0.25) is 5.75 Å². The molecular weight excluding hydrogens is 522 g/mol. The molecule has 10 nitrogen and oxygen atoms in total. The van der Waals surface area contributed by atoms with Crippen LogP contribution in [0.5, 0.6) is 28.7 Å². The molecule has 2 aliphatic heterocycles. The van der Waals surface area contributed by atoms with Gasteiger partial charge in [0, 0.05) is 17.0 Å². The monoisotopic (exact) mass is 547 g/mol. The van der Waals surface area contributed by atoms with Crippen LogP contribution < -0.4 is 23.7 Å². The quantitative estimate of drug-likeness (QED) is 0.226. The van der Waals surface area contributed by atoms with E-state index in [0.29, 0.717) is 62.2 Å². The predicted molar refractivity (Wildman–Crippen MR) is 141 cm³/mol. The largest absolute Gasteiger partial charge is 0.492 e. The number of ether oxygens (including phenoxy) is 6. The van der Waals surface area contributed by atoms with Crippen LogP contribution in [0.4, 0.5) is 0 Å². The zero-order chi connectivity index (χ0) is 26.9. The van der Waals surface area contributed by atoms with E-state index in [2.05, 4.69) is 10.2 Å². The van der Waals surface area contributed by atoms with Crippen LogP contribution in [0.25, 0.3) is 5.69 Å². The average Bonchev–Trinajstić information content (AvgIpc) is 3.59. The molecule has 3 aromatic carbocycles. The van der Waals surface area contributed by atoms with E-state index in [4.69, 9.17) is 28.4 Å². The van der Waals surface area contributed by atoms with Gasteiger partial charge in [-0.3, -0.25) is 4.57 Å². The number of aromatic nitrogens is 3. The minimum absolute atomic E-state index is 0.0974. The highest BCUT2D eigenvalue weighted by molar-refractivity contribution is 7.98. The molecule has 1 aromatic heterocycles. The van der Waals surface area contributed by atoms with Crippen LogP contribution in [-0.2, 0) is 17.1 Å². The van der Waals surface area contributed by atoms with Gasteiger partial charge < -0.3 is 28.4 Å². The van der Waals surface area contributed by atoms with E-state index in [-0.39, 0.29) is 13.2 Å². The third kappa shape index (κ3) is 4.28. The topological polar surface area (TPSA) is 103 Å². The number of benzene rings is 3. The lowest BCUT2D eigenvalue weighted by atomic mass is 10.0. The van der Waals surface area contributed by atoms with Crippen molar-refractivity contribution in [1.29, 1.82) is 0 Å². The first-order chi connectivity index (χ1) is 19.1. The van der Waals surface area contributed by atoms with Gasteiger partial charge in [-0.15, -0.1) is 10.2 Å². The second-order valence-electron chi connectivity index (χ2n) is 8.67. The van der Waals surface area contributed by atoms with Gasteiger partial charge in [-0.25, -0.2) is 4.79 Å². The number of fused-ring (bicyclic) bond motifs is 2. The van der Waals surface area contributed by atoms with Crippen LogP contribution >= 0.6 is 11.8 Å². The second-order valence-corrected chi connectivity index (χ2v) is 9.62.